The topological polar surface area (TPSA) is 71.3 Å². The van der Waals surface area contributed by atoms with Gasteiger partial charge in [0.1, 0.15) is 6.04 Å². The first-order valence-electron chi connectivity index (χ1n) is 11.0. The Bertz CT molecular complexity index is 915. The number of nitrogens with zero attached hydrogens (tertiary/aromatic N) is 5. The van der Waals surface area contributed by atoms with Gasteiger partial charge in [-0.15, -0.1) is 0 Å². The zero-order valence-electron chi connectivity index (χ0n) is 17.7. The Morgan fingerprint density at radius 2 is 1.90 bits per heavy atom. The second-order valence-electron chi connectivity index (χ2n) is 8.44. The molecular formula is C22H31N5O2. The summed E-state index contributed by atoms with van der Waals surface area (Å²) in [4.78, 5) is 35.2. The van der Waals surface area contributed by atoms with Gasteiger partial charge in [-0.2, -0.15) is 5.10 Å². The molecule has 7 heteroatoms. The van der Waals surface area contributed by atoms with Crippen molar-refractivity contribution in [1.29, 1.82) is 0 Å². The fourth-order valence-corrected chi connectivity index (χ4v) is 4.55. The Kier molecular flexibility index (Phi) is 5.56. The normalized spacial score (nSPS) is 21.0. The summed E-state index contributed by atoms with van der Waals surface area (Å²) in [5.41, 5.74) is 2.16. The van der Waals surface area contributed by atoms with E-state index in [1.165, 1.54) is 0 Å². The van der Waals surface area contributed by atoms with E-state index in [1.54, 1.807) is 11.1 Å². The van der Waals surface area contributed by atoms with E-state index in [4.69, 9.17) is 0 Å². The highest BCUT2D eigenvalue weighted by Crippen LogP contribution is 2.27. The van der Waals surface area contributed by atoms with Gasteiger partial charge < -0.3 is 9.80 Å². The molecule has 0 bridgehead atoms. The van der Waals surface area contributed by atoms with Crippen LogP contribution >= 0.6 is 0 Å². The maximum Gasteiger partial charge on any atom is 0.255 e. The number of pyridine rings is 1. The van der Waals surface area contributed by atoms with Crippen LogP contribution in [0.15, 0.2) is 12.3 Å². The number of piperidine rings is 1. The Hall–Kier alpha value is -2.44. The van der Waals surface area contributed by atoms with E-state index in [0.29, 0.717) is 12.1 Å². The number of fused-ring (bicyclic) bond motifs is 1. The number of amides is 2. The quantitative estimate of drug-likeness (QED) is 0.793. The first-order valence-corrected chi connectivity index (χ1v) is 11.0. The molecule has 0 unspecified atom stereocenters. The van der Waals surface area contributed by atoms with E-state index >= 15 is 0 Å². The fourth-order valence-electron chi connectivity index (χ4n) is 4.55. The van der Waals surface area contributed by atoms with E-state index < -0.39 is 0 Å². The maximum atomic E-state index is 13.6. The van der Waals surface area contributed by atoms with E-state index in [0.717, 1.165) is 68.3 Å². The first-order chi connectivity index (χ1) is 14.0. The highest BCUT2D eigenvalue weighted by Gasteiger charge is 2.36. The highest BCUT2D eigenvalue weighted by atomic mass is 16.2. The van der Waals surface area contributed by atoms with E-state index in [-0.39, 0.29) is 23.9 Å². The summed E-state index contributed by atoms with van der Waals surface area (Å²) in [6.07, 6.45) is 7.49. The zero-order chi connectivity index (χ0) is 20.5. The smallest absolute Gasteiger partial charge is 0.255 e. The Balaban J connectivity index is 1.69. The van der Waals surface area contributed by atoms with Crippen LogP contribution in [0.5, 0.6) is 0 Å². The molecule has 0 saturated carbocycles. The number of aryl methyl sites for hydroxylation is 1. The van der Waals surface area contributed by atoms with Gasteiger partial charge in [0, 0.05) is 25.3 Å². The molecule has 29 heavy (non-hydrogen) atoms. The number of carbonyl (C=O) groups is 2. The van der Waals surface area contributed by atoms with Gasteiger partial charge >= 0.3 is 0 Å². The zero-order valence-corrected chi connectivity index (χ0v) is 17.7. The molecule has 7 nitrogen and oxygen atoms in total. The lowest BCUT2D eigenvalue weighted by atomic mass is 9.99. The molecule has 4 heterocycles. The predicted molar refractivity (Wildman–Crippen MR) is 112 cm³/mol. The molecule has 4 rings (SSSR count). The summed E-state index contributed by atoms with van der Waals surface area (Å²) >= 11 is 0. The van der Waals surface area contributed by atoms with Crippen molar-refractivity contribution >= 4 is 22.8 Å². The predicted octanol–water partition coefficient (Wildman–Crippen LogP) is 3.33. The van der Waals surface area contributed by atoms with Gasteiger partial charge in [0.2, 0.25) is 5.91 Å². The first kappa shape index (κ1) is 19.9. The molecule has 2 aromatic rings. The van der Waals surface area contributed by atoms with Gasteiger partial charge in [0.15, 0.2) is 5.65 Å². The molecule has 2 saturated heterocycles. The standard InChI is InChI=1S/C22H31N5O2/c1-4-16(3)27-20-18(14-23-27)17(13-15(2)24-20)21(28)26-12-6-5-9-19(26)22(29)25-10-7-8-11-25/h13-14,16,19H,4-12H2,1-3H3/t16-,19+/m0/s1. The third-order valence-electron chi connectivity index (χ3n) is 6.40. The van der Waals surface area contributed by atoms with Crippen LogP contribution in [-0.4, -0.2) is 62.1 Å². The summed E-state index contributed by atoms with van der Waals surface area (Å²) in [5.74, 6) is 0.0503. The largest absolute Gasteiger partial charge is 0.341 e. The molecule has 2 aliphatic heterocycles. The van der Waals surface area contributed by atoms with Crippen LogP contribution in [0.1, 0.15) is 74.5 Å². The van der Waals surface area contributed by atoms with Crippen molar-refractivity contribution in [3.05, 3.63) is 23.5 Å². The summed E-state index contributed by atoms with van der Waals surface area (Å²) in [6, 6.07) is 1.71. The van der Waals surface area contributed by atoms with Crippen LogP contribution in [0.25, 0.3) is 11.0 Å². The molecule has 0 radical (unpaired) electrons. The number of likely N-dealkylation sites (tertiary alicyclic amines) is 2. The second-order valence-corrected chi connectivity index (χ2v) is 8.44. The molecule has 0 spiro atoms. The van der Waals surface area contributed by atoms with Gasteiger partial charge in [-0.05, 0) is 58.4 Å². The lowest BCUT2D eigenvalue weighted by Crippen LogP contribution is -2.52. The van der Waals surface area contributed by atoms with Crippen molar-refractivity contribution in [2.45, 2.75) is 71.4 Å². The molecule has 2 aromatic heterocycles. The fraction of sp³-hybridized carbons (Fsp3) is 0.636. The highest BCUT2D eigenvalue weighted by molar-refractivity contribution is 6.07. The molecule has 0 aromatic carbocycles. The van der Waals surface area contributed by atoms with E-state index in [2.05, 4.69) is 23.9 Å². The van der Waals surface area contributed by atoms with Crippen molar-refractivity contribution in [3.8, 4) is 0 Å². The van der Waals surface area contributed by atoms with Crippen LogP contribution in [0.3, 0.4) is 0 Å². The third-order valence-corrected chi connectivity index (χ3v) is 6.40. The summed E-state index contributed by atoms with van der Waals surface area (Å²) in [7, 11) is 0. The third kappa shape index (κ3) is 3.63. The van der Waals surface area contributed by atoms with Gasteiger partial charge in [-0.25, -0.2) is 9.67 Å². The minimum absolute atomic E-state index is 0.0681. The Morgan fingerprint density at radius 3 is 2.62 bits per heavy atom. The van der Waals surface area contributed by atoms with E-state index in [1.807, 2.05) is 22.6 Å². The molecule has 156 valence electrons. The second kappa shape index (κ2) is 8.13. The average molecular weight is 398 g/mol. The molecule has 2 aliphatic rings. The van der Waals surface area contributed by atoms with Gasteiger partial charge in [0.05, 0.1) is 23.2 Å². The number of hydrogen-bond donors (Lipinski definition) is 0. The van der Waals surface area contributed by atoms with Crippen LogP contribution in [0.4, 0.5) is 0 Å². The van der Waals surface area contributed by atoms with Crippen molar-refractivity contribution in [2.75, 3.05) is 19.6 Å². The van der Waals surface area contributed by atoms with E-state index in [9.17, 15) is 9.59 Å². The lowest BCUT2D eigenvalue weighted by Gasteiger charge is -2.37. The number of carbonyl (C=O) groups excluding carboxylic acids is 2. The molecule has 0 aliphatic carbocycles. The summed E-state index contributed by atoms with van der Waals surface area (Å²) in [6.45, 7) is 8.39. The number of aromatic nitrogens is 3. The lowest BCUT2D eigenvalue weighted by molar-refractivity contribution is -0.136. The monoisotopic (exact) mass is 397 g/mol. The number of rotatable bonds is 4. The molecule has 0 N–H and O–H groups in total. The molecule has 2 fully saturated rings. The summed E-state index contributed by atoms with van der Waals surface area (Å²) < 4.78 is 1.90. The average Bonchev–Trinajstić information content (AvgIpc) is 3.41. The molecule has 2 atom stereocenters. The van der Waals surface area contributed by atoms with Crippen molar-refractivity contribution in [3.63, 3.8) is 0 Å². The maximum absolute atomic E-state index is 13.6. The Morgan fingerprint density at radius 1 is 1.17 bits per heavy atom. The van der Waals surface area contributed by atoms with Crippen LogP contribution in [0, 0.1) is 6.92 Å². The number of hydrogen-bond acceptors (Lipinski definition) is 4. The van der Waals surface area contributed by atoms with Crippen LogP contribution in [0.2, 0.25) is 0 Å². The van der Waals surface area contributed by atoms with Crippen molar-refractivity contribution in [1.82, 2.24) is 24.6 Å². The minimum Gasteiger partial charge on any atom is -0.341 e. The van der Waals surface area contributed by atoms with Gasteiger partial charge in [0.25, 0.3) is 5.91 Å². The van der Waals surface area contributed by atoms with Crippen molar-refractivity contribution in [2.24, 2.45) is 0 Å². The van der Waals surface area contributed by atoms with Crippen molar-refractivity contribution < 1.29 is 9.59 Å². The Labute approximate surface area is 172 Å². The SMILES string of the molecule is CC[C@H](C)n1ncc2c(C(=O)N3CCCC[C@@H]3C(=O)N3CCCC3)cc(C)nc21. The molecule has 2 amide bonds. The summed E-state index contributed by atoms with van der Waals surface area (Å²) in [5, 5.41) is 5.30. The molecular weight excluding hydrogens is 366 g/mol. The van der Waals surface area contributed by atoms with Crippen LogP contribution in [-0.2, 0) is 4.79 Å². The van der Waals surface area contributed by atoms with Gasteiger partial charge in [-0.3, -0.25) is 9.59 Å². The van der Waals surface area contributed by atoms with Crippen LogP contribution < -0.4 is 0 Å². The minimum atomic E-state index is -0.345. The van der Waals surface area contributed by atoms with Gasteiger partial charge in [-0.1, -0.05) is 6.92 Å².